The van der Waals surface area contributed by atoms with Gasteiger partial charge in [0.05, 0.1) is 23.7 Å². The second kappa shape index (κ2) is 9.85. The summed E-state index contributed by atoms with van der Waals surface area (Å²) in [6.45, 7) is 0.247. The largest absolute Gasteiger partial charge is 0.490 e. The van der Waals surface area contributed by atoms with Crippen LogP contribution in [0.2, 0.25) is 15.1 Å². The third kappa shape index (κ3) is 5.20. The van der Waals surface area contributed by atoms with E-state index in [0.29, 0.717) is 44.4 Å². The SMILES string of the molecule is OC/C(=C(/OCCOc1ccc(Cl)cc1)c1ccc(Cl)cc1Cl)n1ccnc1. The first-order chi connectivity index (χ1) is 13.6. The summed E-state index contributed by atoms with van der Waals surface area (Å²) in [5.74, 6) is 1.10. The molecule has 0 saturated heterocycles. The smallest absolute Gasteiger partial charge is 0.150 e. The predicted octanol–water partition coefficient (Wildman–Crippen LogP) is 5.26. The molecule has 0 aliphatic carbocycles. The second-order valence-corrected chi connectivity index (χ2v) is 6.96. The average molecular weight is 440 g/mol. The molecule has 0 aliphatic rings. The molecule has 146 valence electrons. The summed E-state index contributed by atoms with van der Waals surface area (Å²) in [6.07, 6.45) is 4.90. The maximum atomic E-state index is 9.94. The number of aliphatic hydroxyl groups is 1. The van der Waals surface area contributed by atoms with Crippen LogP contribution in [-0.2, 0) is 4.74 Å². The predicted molar refractivity (Wildman–Crippen MR) is 112 cm³/mol. The molecule has 0 fully saturated rings. The quantitative estimate of drug-likeness (QED) is 0.384. The van der Waals surface area contributed by atoms with Crippen LogP contribution in [0.1, 0.15) is 5.56 Å². The summed E-state index contributed by atoms with van der Waals surface area (Å²) >= 11 is 18.2. The Hall–Kier alpha value is -2.18. The lowest BCUT2D eigenvalue weighted by Crippen LogP contribution is -2.11. The van der Waals surface area contributed by atoms with Gasteiger partial charge in [0.2, 0.25) is 0 Å². The second-order valence-electron chi connectivity index (χ2n) is 5.68. The molecule has 0 aliphatic heterocycles. The van der Waals surface area contributed by atoms with Crippen LogP contribution in [0.15, 0.2) is 61.2 Å². The first-order valence-corrected chi connectivity index (χ1v) is 9.51. The molecular formula is C20H17Cl3N2O3. The van der Waals surface area contributed by atoms with Gasteiger partial charge in [-0.05, 0) is 42.5 Å². The number of aromatic nitrogens is 2. The van der Waals surface area contributed by atoms with Gasteiger partial charge in [-0.25, -0.2) is 4.98 Å². The van der Waals surface area contributed by atoms with E-state index in [-0.39, 0.29) is 13.2 Å². The van der Waals surface area contributed by atoms with Crippen molar-refractivity contribution in [2.45, 2.75) is 0 Å². The summed E-state index contributed by atoms with van der Waals surface area (Å²) in [4.78, 5) is 4.02. The maximum absolute atomic E-state index is 9.94. The molecule has 0 saturated carbocycles. The van der Waals surface area contributed by atoms with E-state index in [4.69, 9.17) is 44.3 Å². The number of nitrogens with zero attached hydrogens (tertiary/aromatic N) is 2. The lowest BCUT2D eigenvalue weighted by Gasteiger charge is -2.18. The Morgan fingerprint density at radius 2 is 1.75 bits per heavy atom. The molecule has 5 nitrogen and oxygen atoms in total. The Labute approximate surface area is 177 Å². The molecule has 0 unspecified atom stereocenters. The van der Waals surface area contributed by atoms with Gasteiger partial charge in [0.1, 0.15) is 24.7 Å². The maximum Gasteiger partial charge on any atom is 0.150 e. The van der Waals surface area contributed by atoms with Crippen molar-refractivity contribution < 1.29 is 14.6 Å². The molecule has 0 spiro atoms. The van der Waals surface area contributed by atoms with Gasteiger partial charge in [-0.3, -0.25) is 0 Å². The van der Waals surface area contributed by atoms with Crippen molar-refractivity contribution >= 4 is 46.3 Å². The molecule has 1 N–H and O–H groups in total. The minimum Gasteiger partial charge on any atom is -0.490 e. The van der Waals surface area contributed by atoms with E-state index in [1.54, 1.807) is 65.8 Å². The minimum atomic E-state index is -0.275. The van der Waals surface area contributed by atoms with Crippen molar-refractivity contribution in [2.24, 2.45) is 0 Å². The summed E-state index contributed by atoms with van der Waals surface area (Å²) in [5.41, 5.74) is 1.10. The van der Waals surface area contributed by atoms with E-state index in [1.807, 2.05) is 0 Å². The molecule has 1 heterocycles. The Bertz CT molecular complexity index is 942. The number of benzene rings is 2. The van der Waals surface area contributed by atoms with Crippen LogP contribution in [0.5, 0.6) is 5.75 Å². The van der Waals surface area contributed by atoms with Gasteiger partial charge in [0.25, 0.3) is 0 Å². The highest BCUT2D eigenvalue weighted by atomic mass is 35.5. The molecule has 3 aromatic rings. The van der Waals surface area contributed by atoms with Crippen molar-refractivity contribution in [3.8, 4) is 5.75 Å². The minimum absolute atomic E-state index is 0.231. The van der Waals surface area contributed by atoms with Crippen molar-refractivity contribution in [3.05, 3.63) is 81.8 Å². The van der Waals surface area contributed by atoms with Crippen LogP contribution in [0, 0.1) is 0 Å². The number of imidazole rings is 1. The molecular weight excluding hydrogens is 423 g/mol. The number of halogens is 3. The van der Waals surface area contributed by atoms with Gasteiger partial charge in [-0.2, -0.15) is 0 Å². The number of rotatable bonds is 8. The lowest BCUT2D eigenvalue weighted by atomic mass is 10.1. The summed E-state index contributed by atoms with van der Waals surface area (Å²) < 4.78 is 13.3. The molecule has 28 heavy (non-hydrogen) atoms. The summed E-state index contributed by atoms with van der Waals surface area (Å²) in [7, 11) is 0. The number of ether oxygens (including phenoxy) is 2. The molecule has 8 heteroatoms. The van der Waals surface area contributed by atoms with E-state index in [1.165, 1.54) is 0 Å². The Kier molecular flexibility index (Phi) is 7.23. The highest BCUT2D eigenvalue weighted by Gasteiger charge is 2.16. The Morgan fingerprint density at radius 3 is 2.39 bits per heavy atom. The van der Waals surface area contributed by atoms with Crippen molar-refractivity contribution in [1.82, 2.24) is 9.55 Å². The van der Waals surface area contributed by atoms with Crippen molar-refractivity contribution in [3.63, 3.8) is 0 Å². The van der Waals surface area contributed by atoms with E-state index in [9.17, 15) is 5.11 Å². The highest BCUT2D eigenvalue weighted by molar-refractivity contribution is 6.35. The normalized spacial score (nSPS) is 11.9. The number of hydrogen-bond acceptors (Lipinski definition) is 4. The van der Waals surface area contributed by atoms with E-state index in [0.717, 1.165) is 0 Å². The van der Waals surface area contributed by atoms with Gasteiger partial charge in [0, 0.05) is 28.0 Å². The molecule has 3 rings (SSSR count). The molecule has 1 aromatic heterocycles. The third-order valence-corrected chi connectivity index (χ3v) is 4.62. The van der Waals surface area contributed by atoms with Crippen LogP contribution >= 0.6 is 34.8 Å². The monoisotopic (exact) mass is 438 g/mol. The van der Waals surface area contributed by atoms with Crippen LogP contribution in [0.25, 0.3) is 11.5 Å². The fraction of sp³-hybridized carbons (Fsp3) is 0.150. The van der Waals surface area contributed by atoms with E-state index in [2.05, 4.69) is 4.98 Å². The van der Waals surface area contributed by atoms with Crippen molar-refractivity contribution in [1.29, 1.82) is 0 Å². The molecule has 0 radical (unpaired) electrons. The molecule has 0 amide bonds. The number of aliphatic hydroxyl groups excluding tert-OH is 1. The standard InChI is InChI=1S/C20H17Cl3N2O3/c21-14-1-4-16(5-2-14)27-9-10-28-20(17-6-3-15(22)11-18(17)23)19(12-26)25-8-7-24-13-25/h1-8,11,13,26H,9-10,12H2/b20-19-. The van der Waals surface area contributed by atoms with Crippen LogP contribution in [-0.4, -0.2) is 34.5 Å². The third-order valence-electron chi connectivity index (χ3n) is 3.82. The zero-order chi connectivity index (χ0) is 19.9. The summed E-state index contributed by atoms with van der Waals surface area (Å²) in [6, 6.07) is 12.1. The van der Waals surface area contributed by atoms with Gasteiger partial charge >= 0.3 is 0 Å². The van der Waals surface area contributed by atoms with Gasteiger partial charge in [-0.15, -0.1) is 0 Å². The number of hydrogen-bond donors (Lipinski definition) is 1. The average Bonchev–Trinajstić information content (AvgIpc) is 3.20. The zero-order valence-electron chi connectivity index (χ0n) is 14.7. The van der Waals surface area contributed by atoms with Gasteiger partial charge < -0.3 is 19.1 Å². The fourth-order valence-electron chi connectivity index (χ4n) is 2.51. The van der Waals surface area contributed by atoms with Crippen LogP contribution in [0.3, 0.4) is 0 Å². The Balaban J connectivity index is 1.81. The molecule has 2 aromatic carbocycles. The zero-order valence-corrected chi connectivity index (χ0v) is 17.0. The first-order valence-electron chi connectivity index (χ1n) is 8.37. The summed E-state index contributed by atoms with van der Waals surface area (Å²) in [5, 5.41) is 11.5. The van der Waals surface area contributed by atoms with Crippen molar-refractivity contribution in [2.75, 3.05) is 19.8 Å². The van der Waals surface area contributed by atoms with Gasteiger partial charge in [-0.1, -0.05) is 34.8 Å². The lowest BCUT2D eigenvalue weighted by molar-refractivity contribution is 0.193. The van der Waals surface area contributed by atoms with Crippen LogP contribution < -0.4 is 4.74 Å². The Morgan fingerprint density at radius 1 is 1.00 bits per heavy atom. The van der Waals surface area contributed by atoms with Gasteiger partial charge in [0.15, 0.2) is 0 Å². The first kappa shape index (κ1) is 20.6. The van der Waals surface area contributed by atoms with E-state index < -0.39 is 0 Å². The molecule has 0 atom stereocenters. The topological polar surface area (TPSA) is 56.5 Å². The molecule has 0 bridgehead atoms. The highest BCUT2D eigenvalue weighted by Crippen LogP contribution is 2.31. The van der Waals surface area contributed by atoms with Crippen LogP contribution in [0.4, 0.5) is 0 Å². The fourth-order valence-corrected chi connectivity index (χ4v) is 3.13. The van der Waals surface area contributed by atoms with E-state index >= 15 is 0 Å².